The summed E-state index contributed by atoms with van der Waals surface area (Å²) < 4.78 is 21.4. The molecule has 0 spiro atoms. The van der Waals surface area contributed by atoms with Gasteiger partial charge in [0.15, 0.2) is 12.4 Å². The van der Waals surface area contributed by atoms with E-state index in [2.05, 4.69) is 6.92 Å². The summed E-state index contributed by atoms with van der Waals surface area (Å²) in [7, 11) is 0. The molecular weight excluding hydrogens is 480 g/mol. The summed E-state index contributed by atoms with van der Waals surface area (Å²) in [6, 6.07) is 0. The highest BCUT2D eigenvalue weighted by Gasteiger charge is 2.71. The Kier molecular flexibility index (Phi) is 7.49. The van der Waals surface area contributed by atoms with E-state index in [9.17, 15) is 24.3 Å². The molecule has 0 radical (unpaired) electrons. The number of ether oxygens (including phenoxy) is 4. The van der Waals surface area contributed by atoms with E-state index >= 15 is 0 Å². The summed E-state index contributed by atoms with van der Waals surface area (Å²) >= 11 is 0. The van der Waals surface area contributed by atoms with Crippen molar-refractivity contribution in [3.8, 4) is 0 Å². The van der Waals surface area contributed by atoms with Crippen molar-refractivity contribution in [2.75, 3.05) is 13.2 Å². The lowest BCUT2D eigenvalue weighted by molar-refractivity contribution is -0.205. The van der Waals surface area contributed by atoms with Gasteiger partial charge < -0.3 is 24.1 Å². The molecule has 0 aliphatic heterocycles. The van der Waals surface area contributed by atoms with Crippen molar-refractivity contribution in [1.29, 1.82) is 0 Å². The van der Waals surface area contributed by atoms with E-state index in [-0.39, 0.29) is 48.4 Å². The number of ketones is 1. The Hall–Kier alpha value is -2.42. The minimum absolute atomic E-state index is 0.0288. The second-order valence-electron chi connectivity index (χ2n) is 11.8. The summed E-state index contributed by atoms with van der Waals surface area (Å²) in [6.07, 6.45) is 3.30. The molecule has 3 fully saturated rings. The maximum absolute atomic E-state index is 13.7. The first-order valence-corrected chi connectivity index (χ1v) is 13.5. The van der Waals surface area contributed by atoms with Crippen LogP contribution in [0.4, 0.5) is 4.79 Å². The third-order valence-corrected chi connectivity index (χ3v) is 9.56. The number of esters is 2. The van der Waals surface area contributed by atoms with Gasteiger partial charge in [0.1, 0.15) is 0 Å². The molecule has 37 heavy (non-hydrogen) atoms. The van der Waals surface area contributed by atoms with Crippen molar-refractivity contribution in [2.45, 2.75) is 97.4 Å². The van der Waals surface area contributed by atoms with Crippen molar-refractivity contribution >= 4 is 23.9 Å². The van der Waals surface area contributed by atoms with Gasteiger partial charge in [-0.3, -0.25) is 4.79 Å². The van der Waals surface area contributed by atoms with E-state index < -0.39 is 47.9 Å². The molecule has 1 N–H and O–H groups in total. The molecule has 3 saturated carbocycles. The highest BCUT2D eigenvalue weighted by atomic mass is 16.7. The maximum Gasteiger partial charge on any atom is 0.509 e. The number of aliphatic hydroxyl groups is 1. The fourth-order valence-corrected chi connectivity index (χ4v) is 8.02. The number of fused-ring (bicyclic) bond motifs is 5. The number of allylic oxidation sites excluding steroid dienone is 1. The molecule has 4 aliphatic rings. The first kappa shape index (κ1) is 27.6. The number of hydrogen-bond acceptors (Lipinski definition) is 9. The summed E-state index contributed by atoms with van der Waals surface area (Å²) in [5.74, 6) is -1.38. The molecule has 0 saturated heterocycles. The van der Waals surface area contributed by atoms with E-state index in [1.807, 2.05) is 6.92 Å². The molecule has 2 unspecified atom stereocenters. The van der Waals surface area contributed by atoms with Crippen LogP contribution in [0, 0.1) is 28.6 Å². The average molecular weight is 521 g/mol. The molecule has 0 amide bonds. The molecule has 4 rings (SSSR count). The summed E-state index contributed by atoms with van der Waals surface area (Å²) in [4.78, 5) is 50.5. The van der Waals surface area contributed by atoms with Crippen molar-refractivity contribution in [1.82, 2.24) is 0 Å². The van der Waals surface area contributed by atoms with Crippen LogP contribution < -0.4 is 0 Å². The minimum Gasteiger partial charge on any atom is -0.463 e. The quantitative estimate of drug-likeness (QED) is 0.410. The zero-order valence-corrected chi connectivity index (χ0v) is 22.5. The highest BCUT2D eigenvalue weighted by molar-refractivity contribution is 5.91. The zero-order valence-electron chi connectivity index (χ0n) is 22.5. The third-order valence-electron chi connectivity index (χ3n) is 9.56. The van der Waals surface area contributed by atoms with E-state index in [4.69, 9.17) is 18.9 Å². The van der Waals surface area contributed by atoms with Gasteiger partial charge in [0.2, 0.25) is 5.60 Å². The standard InChI is InChI=1S/C28H40O9/c1-6-34-22(31)15-35-24(32)28(37-25(33)36-16(2)3)12-10-20-19-8-7-17-13-18(29)9-11-26(17,4)23(19)21(30)14-27(20,28)5/h13,16,19-21,23,30H,6-12,14-15H2,1-5H3/t19-,20-,21?,23-,26-,27-,28?/m0/s1. The van der Waals surface area contributed by atoms with Crippen molar-refractivity contribution in [2.24, 2.45) is 28.6 Å². The second-order valence-corrected chi connectivity index (χ2v) is 11.8. The van der Waals surface area contributed by atoms with Crippen LogP contribution in [0.2, 0.25) is 0 Å². The molecule has 0 aromatic carbocycles. The Bertz CT molecular complexity index is 986. The van der Waals surface area contributed by atoms with Crippen LogP contribution in [0.5, 0.6) is 0 Å². The Morgan fingerprint density at radius 3 is 2.51 bits per heavy atom. The normalized spacial score (nSPS) is 38.6. The van der Waals surface area contributed by atoms with E-state index in [0.29, 0.717) is 19.3 Å². The van der Waals surface area contributed by atoms with Crippen LogP contribution in [-0.2, 0) is 33.3 Å². The van der Waals surface area contributed by atoms with Crippen LogP contribution in [0.25, 0.3) is 0 Å². The summed E-state index contributed by atoms with van der Waals surface area (Å²) in [6.45, 7) is 8.62. The number of rotatable bonds is 6. The van der Waals surface area contributed by atoms with Gasteiger partial charge >= 0.3 is 18.1 Å². The summed E-state index contributed by atoms with van der Waals surface area (Å²) in [5.41, 5.74) is -1.81. The van der Waals surface area contributed by atoms with Gasteiger partial charge in [-0.1, -0.05) is 19.4 Å². The molecular formula is C28H40O9. The lowest BCUT2D eigenvalue weighted by Crippen LogP contribution is -2.63. The molecule has 0 aromatic rings. The number of carbonyl (C=O) groups excluding carboxylic acids is 4. The van der Waals surface area contributed by atoms with Crippen LogP contribution in [-0.4, -0.2) is 60.0 Å². The van der Waals surface area contributed by atoms with Crippen molar-refractivity contribution in [3.63, 3.8) is 0 Å². The van der Waals surface area contributed by atoms with Crippen molar-refractivity contribution < 1.29 is 43.2 Å². The highest BCUT2D eigenvalue weighted by Crippen LogP contribution is 2.68. The molecule has 0 bridgehead atoms. The smallest absolute Gasteiger partial charge is 0.463 e. The maximum atomic E-state index is 13.7. The van der Waals surface area contributed by atoms with Gasteiger partial charge in [0.25, 0.3) is 0 Å². The largest absolute Gasteiger partial charge is 0.509 e. The molecule has 0 aromatic heterocycles. The second kappa shape index (κ2) is 10.0. The van der Waals surface area contributed by atoms with Crippen LogP contribution >= 0.6 is 0 Å². The topological polar surface area (TPSA) is 125 Å². The first-order valence-electron chi connectivity index (χ1n) is 13.5. The van der Waals surface area contributed by atoms with Crippen LogP contribution in [0.15, 0.2) is 11.6 Å². The molecule has 9 heteroatoms. The molecule has 206 valence electrons. The SMILES string of the molecule is CCOC(=O)COC(=O)C1(OC(=O)OC(C)C)CC[C@H]2[C@@H]3CCC4=CC(=O)CC[C@]4(C)[C@@H]3C(O)C[C@@]21C. The number of aliphatic hydroxyl groups excluding tert-OH is 1. The third kappa shape index (κ3) is 4.57. The molecule has 4 aliphatic carbocycles. The average Bonchev–Trinajstić information content (AvgIpc) is 3.09. The number of hydrogen-bond donors (Lipinski definition) is 1. The predicted octanol–water partition coefficient (Wildman–Crippen LogP) is 3.90. The molecule has 9 nitrogen and oxygen atoms in total. The van der Waals surface area contributed by atoms with Gasteiger partial charge in [-0.2, -0.15) is 0 Å². The lowest BCUT2D eigenvalue weighted by Gasteiger charge is -2.60. The fraction of sp³-hybridized carbons (Fsp3) is 0.786. The van der Waals surface area contributed by atoms with Crippen LogP contribution in [0.3, 0.4) is 0 Å². The van der Waals surface area contributed by atoms with E-state index in [1.165, 1.54) is 0 Å². The van der Waals surface area contributed by atoms with Gasteiger partial charge in [-0.25, -0.2) is 14.4 Å². The Morgan fingerprint density at radius 1 is 1.11 bits per heavy atom. The predicted molar refractivity (Wildman–Crippen MR) is 131 cm³/mol. The minimum atomic E-state index is -1.71. The Labute approximate surface area is 218 Å². The Balaban J connectivity index is 1.68. The zero-order chi connectivity index (χ0) is 27.2. The summed E-state index contributed by atoms with van der Waals surface area (Å²) in [5, 5.41) is 11.7. The Morgan fingerprint density at radius 2 is 1.84 bits per heavy atom. The van der Waals surface area contributed by atoms with E-state index in [1.54, 1.807) is 26.8 Å². The fourth-order valence-electron chi connectivity index (χ4n) is 8.02. The van der Waals surface area contributed by atoms with Gasteiger partial charge in [-0.15, -0.1) is 0 Å². The van der Waals surface area contributed by atoms with Crippen LogP contribution in [0.1, 0.15) is 79.6 Å². The molecule has 0 heterocycles. The van der Waals surface area contributed by atoms with Gasteiger partial charge in [0, 0.05) is 11.8 Å². The van der Waals surface area contributed by atoms with E-state index in [0.717, 1.165) is 18.4 Å². The molecule has 7 atom stereocenters. The number of carbonyl (C=O) groups is 4. The first-order chi connectivity index (χ1) is 17.4. The van der Waals surface area contributed by atoms with Gasteiger partial charge in [0.05, 0.1) is 18.8 Å². The van der Waals surface area contributed by atoms with Crippen molar-refractivity contribution in [3.05, 3.63) is 11.6 Å². The van der Waals surface area contributed by atoms with Gasteiger partial charge in [-0.05, 0) is 88.5 Å². The lowest BCUT2D eigenvalue weighted by atomic mass is 9.45. The monoisotopic (exact) mass is 520 g/mol.